The predicted octanol–water partition coefficient (Wildman–Crippen LogP) is 18.2. The van der Waals surface area contributed by atoms with E-state index in [1.807, 2.05) is 24.4 Å². The molecular formula is C77H50N4OPt-2. The Morgan fingerprint density at radius 3 is 1.76 bits per heavy atom. The number of hydrogen-bond acceptors (Lipinski definition) is 2. The molecule has 17 rings (SSSR count). The zero-order valence-corrected chi connectivity index (χ0v) is 48.0. The maximum absolute atomic E-state index is 6.74. The van der Waals surface area contributed by atoms with Gasteiger partial charge >= 0.3 is 0 Å². The molecule has 83 heavy (non-hydrogen) atoms. The van der Waals surface area contributed by atoms with Gasteiger partial charge in [-0.25, -0.2) is 4.98 Å². The average Bonchev–Trinajstić information content (AvgIpc) is 1.93. The molecule has 6 heteroatoms. The number of ether oxygens (including phenoxy) is 1. The summed E-state index contributed by atoms with van der Waals surface area (Å²) in [5.74, 6) is 2.00. The number of para-hydroxylation sites is 3. The Labute approximate surface area is 496 Å². The first kappa shape index (κ1) is 49.2. The van der Waals surface area contributed by atoms with Gasteiger partial charge in [0, 0.05) is 44.3 Å². The molecular weight excluding hydrogens is 1190 g/mol. The quantitative estimate of drug-likeness (QED) is 0.127. The molecule has 0 saturated carbocycles. The molecule has 0 saturated heterocycles. The first-order chi connectivity index (χ1) is 40.3. The van der Waals surface area contributed by atoms with Gasteiger partial charge in [-0.1, -0.05) is 202 Å². The number of rotatable bonds is 5. The first-order valence-corrected chi connectivity index (χ1v) is 28.2. The van der Waals surface area contributed by atoms with E-state index in [0.717, 1.165) is 72.3 Å². The number of hydrogen-bond donors (Lipinski definition) is 0. The van der Waals surface area contributed by atoms with Crippen molar-refractivity contribution in [1.29, 1.82) is 0 Å². The Kier molecular flexibility index (Phi) is 10.9. The van der Waals surface area contributed by atoms with Crippen LogP contribution in [-0.4, -0.2) is 14.1 Å². The minimum absolute atomic E-state index is 0. The molecule has 11 aromatic carbocycles. The van der Waals surface area contributed by atoms with Gasteiger partial charge in [-0.15, -0.1) is 29.7 Å². The Bertz CT molecular complexity index is 4990. The number of fused-ring (bicyclic) bond motifs is 20. The molecule has 14 aromatic rings. The number of aromatic nitrogens is 4. The first-order valence-electron chi connectivity index (χ1n) is 28.2. The smallest absolute Gasteiger partial charge is 0.268 e. The van der Waals surface area contributed by atoms with Crippen LogP contribution in [0.4, 0.5) is 0 Å². The van der Waals surface area contributed by atoms with Gasteiger partial charge < -0.3 is 13.9 Å². The third kappa shape index (κ3) is 7.17. The van der Waals surface area contributed by atoms with Crippen molar-refractivity contribution in [3.63, 3.8) is 0 Å². The summed E-state index contributed by atoms with van der Waals surface area (Å²) < 4.78 is 13.3. The van der Waals surface area contributed by atoms with Crippen molar-refractivity contribution in [3.8, 4) is 95.5 Å². The standard InChI is InChI=1S/C77H50N4O.Pt/c1-76(2,3)50-40-41-78-74(44-50)81-71-32-15-10-26-61(71)62-38-36-53(46-73(62)81)82-52-19-16-18-51(45-52)79-47-80-70-31-14-9-25-60(70)56-37-34-48(42-64(56)55-21-5-4-20-54(55)63-27-17-33-72(79)75(63)80)49-35-39-69-65(43-49)59-24-8-13-30-68(59)77(69)66-28-11-6-22-57(66)58-23-7-12-29-67(58)77;/h4-44H,1-3H3;/q-2;. The van der Waals surface area contributed by atoms with Gasteiger partial charge in [0.2, 0.25) is 0 Å². The third-order valence-electron chi connectivity index (χ3n) is 17.6. The molecule has 1 spiro atoms. The summed E-state index contributed by atoms with van der Waals surface area (Å²) in [7, 11) is 0. The van der Waals surface area contributed by atoms with E-state index in [-0.39, 0.29) is 31.9 Å². The maximum Gasteiger partial charge on any atom is 0.268 e. The van der Waals surface area contributed by atoms with Crippen LogP contribution in [0.25, 0.3) is 117 Å². The van der Waals surface area contributed by atoms with Crippen molar-refractivity contribution < 1.29 is 30.4 Å². The molecule has 0 atom stereocenters. The molecule has 0 radical (unpaired) electrons. The van der Waals surface area contributed by atoms with E-state index in [9.17, 15) is 0 Å². The van der Waals surface area contributed by atoms with E-state index in [2.05, 4.69) is 277 Å². The minimum Gasteiger partial charge on any atom is -0.510 e. The van der Waals surface area contributed by atoms with E-state index >= 15 is 0 Å². The van der Waals surface area contributed by atoms with Gasteiger partial charge in [-0.2, -0.15) is 18.2 Å². The molecule has 396 valence electrons. The van der Waals surface area contributed by atoms with Crippen molar-refractivity contribution in [1.82, 2.24) is 14.1 Å². The second kappa shape index (κ2) is 18.4. The van der Waals surface area contributed by atoms with Crippen LogP contribution >= 0.6 is 0 Å². The van der Waals surface area contributed by atoms with Gasteiger partial charge in [-0.05, 0) is 147 Å². The van der Waals surface area contributed by atoms with E-state index < -0.39 is 0 Å². The molecule has 4 heterocycles. The molecule has 5 nitrogen and oxygen atoms in total. The van der Waals surface area contributed by atoms with Crippen LogP contribution in [0.1, 0.15) is 48.6 Å². The van der Waals surface area contributed by atoms with Crippen molar-refractivity contribution in [2.75, 3.05) is 0 Å². The molecule has 0 amide bonds. The Morgan fingerprint density at radius 2 is 1.01 bits per heavy atom. The SMILES string of the molecule is CC(C)(C)c1ccnc(-n2c3[c-]c(Oc4[c-]c(-n5[c-][n+]6c7c(cccc75)-c5ccccc5-c5cc(-c7ccc8c(c7)-c7ccccc7C87c8ccccc8-c8ccccc87)ccc5-c5ccccc5-6)ccc4)ccc3c3ccccc32)c1.[Pt]. The fraction of sp³-hybridized carbons (Fsp3) is 0.0649. The topological polar surface area (TPSA) is 35.9 Å². The molecule has 0 bridgehead atoms. The Hall–Kier alpha value is -9.67. The Balaban J connectivity index is 0.00000565. The molecule has 0 N–H and O–H groups in total. The number of benzene rings is 11. The molecule has 3 aliphatic rings. The summed E-state index contributed by atoms with van der Waals surface area (Å²) in [6.45, 7) is 6.69. The molecule has 0 unspecified atom stereocenters. The molecule has 3 aromatic heterocycles. The maximum atomic E-state index is 6.74. The zero-order chi connectivity index (χ0) is 54.4. The van der Waals surface area contributed by atoms with Gasteiger partial charge in [-0.3, -0.25) is 4.57 Å². The Morgan fingerprint density at radius 1 is 0.446 bits per heavy atom. The summed E-state index contributed by atoms with van der Waals surface area (Å²) in [5, 5.41) is 2.21. The van der Waals surface area contributed by atoms with E-state index in [1.165, 1.54) is 72.3 Å². The minimum atomic E-state index is -0.386. The van der Waals surface area contributed by atoms with Gasteiger partial charge in [0.25, 0.3) is 6.33 Å². The predicted molar refractivity (Wildman–Crippen MR) is 330 cm³/mol. The van der Waals surface area contributed by atoms with Gasteiger partial charge in [0.05, 0.1) is 22.1 Å². The van der Waals surface area contributed by atoms with Crippen LogP contribution < -0.4 is 9.30 Å². The van der Waals surface area contributed by atoms with Crippen molar-refractivity contribution in [3.05, 3.63) is 295 Å². The van der Waals surface area contributed by atoms with Gasteiger partial charge in [0.1, 0.15) is 5.82 Å². The van der Waals surface area contributed by atoms with E-state index in [4.69, 9.17) is 9.72 Å². The third-order valence-corrected chi connectivity index (χ3v) is 17.6. The number of nitrogens with zero attached hydrogens (tertiary/aromatic N) is 4. The summed E-state index contributed by atoms with van der Waals surface area (Å²) in [6.07, 6.45) is 5.77. The molecule has 1 aliphatic heterocycles. The second-order valence-corrected chi connectivity index (χ2v) is 23.0. The summed E-state index contributed by atoms with van der Waals surface area (Å²) in [4.78, 5) is 4.89. The summed E-state index contributed by atoms with van der Waals surface area (Å²) in [5.41, 5.74) is 26.4. The summed E-state index contributed by atoms with van der Waals surface area (Å²) >= 11 is 0. The molecule has 0 fully saturated rings. The summed E-state index contributed by atoms with van der Waals surface area (Å²) in [6, 6.07) is 95.9. The fourth-order valence-electron chi connectivity index (χ4n) is 14.0. The van der Waals surface area contributed by atoms with Gasteiger partial charge in [0.15, 0.2) is 0 Å². The normalized spacial score (nSPS) is 13.0. The van der Waals surface area contributed by atoms with Crippen molar-refractivity contribution >= 4 is 32.8 Å². The largest absolute Gasteiger partial charge is 0.510 e. The monoisotopic (exact) mass is 1240 g/mol. The average molecular weight is 1240 g/mol. The second-order valence-electron chi connectivity index (χ2n) is 23.0. The van der Waals surface area contributed by atoms with E-state index in [1.54, 1.807) is 0 Å². The van der Waals surface area contributed by atoms with Crippen LogP contribution in [-0.2, 0) is 31.9 Å². The van der Waals surface area contributed by atoms with Crippen molar-refractivity contribution in [2.24, 2.45) is 0 Å². The molecule has 2 aliphatic carbocycles. The van der Waals surface area contributed by atoms with Crippen molar-refractivity contribution in [2.45, 2.75) is 31.6 Å². The van der Waals surface area contributed by atoms with Crippen LogP contribution in [0.5, 0.6) is 11.5 Å². The van der Waals surface area contributed by atoms with Crippen LogP contribution in [0.3, 0.4) is 0 Å². The van der Waals surface area contributed by atoms with E-state index in [0.29, 0.717) is 11.5 Å². The van der Waals surface area contributed by atoms with Crippen LogP contribution in [0, 0.1) is 18.5 Å². The fourth-order valence-corrected chi connectivity index (χ4v) is 14.0. The number of pyridine rings is 1. The zero-order valence-electron chi connectivity index (χ0n) is 45.7. The van der Waals surface area contributed by atoms with Crippen LogP contribution in [0.2, 0.25) is 0 Å². The van der Waals surface area contributed by atoms with Crippen LogP contribution in [0.15, 0.2) is 249 Å². The number of imidazole rings is 1.